The fourth-order valence-corrected chi connectivity index (χ4v) is 2.06. The number of aliphatic hydroxyl groups is 2. The van der Waals surface area contributed by atoms with Crippen LogP contribution in [0, 0.1) is 6.92 Å². The van der Waals surface area contributed by atoms with Crippen molar-refractivity contribution in [1.82, 2.24) is 4.90 Å². The van der Waals surface area contributed by atoms with E-state index in [1.807, 2.05) is 31.2 Å². The van der Waals surface area contributed by atoms with Gasteiger partial charge in [-0.05, 0) is 18.1 Å². The number of hydrogen-bond acceptors (Lipinski definition) is 3. The molecule has 2 N–H and O–H groups in total. The van der Waals surface area contributed by atoms with Gasteiger partial charge >= 0.3 is 0 Å². The molecule has 92 valence electrons. The van der Waals surface area contributed by atoms with Crippen molar-refractivity contribution in [1.29, 1.82) is 0 Å². The zero-order valence-corrected chi connectivity index (χ0v) is 9.84. The lowest BCUT2D eigenvalue weighted by Crippen LogP contribution is -2.31. The molecule has 2 unspecified atom stereocenters. The van der Waals surface area contributed by atoms with E-state index in [9.17, 15) is 15.0 Å². The second-order valence-corrected chi connectivity index (χ2v) is 4.54. The molecule has 2 rings (SSSR count). The highest BCUT2D eigenvalue weighted by Crippen LogP contribution is 2.14. The quantitative estimate of drug-likeness (QED) is 0.764. The Morgan fingerprint density at radius 3 is 2.47 bits per heavy atom. The highest BCUT2D eigenvalue weighted by Gasteiger charge is 2.32. The lowest BCUT2D eigenvalue weighted by molar-refractivity contribution is -0.130. The first-order valence-electron chi connectivity index (χ1n) is 5.76. The highest BCUT2D eigenvalue weighted by molar-refractivity contribution is 5.79. The molecule has 1 heterocycles. The van der Waals surface area contributed by atoms with E-state index >= 15 is 0 Å². The third-order valence-electron chi connectivity index (χ3n) is 3.21. The molecule has 0 aromatic heterocycles. The molecular formula is C13H17NO3. The van der Waals surface area contributed by atoms with Crippen molar-refractivity contribution in [3.05, 3.63) is 35.4 Å². The number of hydrogen-bond donors (Lipinski definition) is 2. The molecule has 1 amide bonds. The van der Waals surface area contributed by atoms with Gasteiger partial charge in [-0.3, -0.25) is 4.79 Å². The van der Waals surface area contributed by atoms with Gasteiger partial charge in [0.05, 0.1) is 18.6 Å². The first kappa shape index (κ1) is 12.1. The Labute approximate surface area is 100 Å². The number of nitrogens with zero attached hydrogens (tertiary/aromatic N) is 1. The second kappa shape index (κ2) is 4.85. The van der Waals surface area contributed by atoms with Gasteiger partial charge in [-0.1, -0.05) is 24.3 Å². The number of aryl methyl sites for hydroxylation is 1. The minimum absolute atomic E-state index is 0.0464. The Balaban J connectivity index is 2.01. The number of β-amino-alcohol motifs (C(OH)–C–C–N with tert-alkyl or cyclic N) is 2. The van der Waals surface area contributed by atoms with Crippen molar-refractivity contribution in [3.8, 4) is 0 Å². The lowest BCUT2D eigenvalue weighted by atomic mass is 10.1. The molecule has 1 aliphatic rings. The number of amides is 1. The fraction of sp³-hybridized carbons (Fsp3) is 0.462. The number of rotatable bonds is 2. The minimum Gasteiger partial charge on any atom is -0.388 e. The molecule has 0 bridgehead atoms. The van der Waals surface area contributed by atoms with Crippen LogP contribution in [0.1, 0.15) is 11.1 Å². The molecular weight excluding hydrogens is 218 g/mol. The largest absolute Gasteiger partial charge is 0.388 e. The molecule has 0 aliphatic carbocycles. The van der Waals surface area contributed by atoms with Crippen molar-refractivity contribution in [2.75, 3.05) is 13.1 Å². The summed E-state index contributed by atoms with van der Waals surface area (Å²) in [5, 5.41) is 18.8. The van der Waals surface area contributed by atoms with Crippen LogP contribution in [-0.4, -0.2) is 46.3 Å². The van der Waals surface area contributed by atoms with Gasteiger partial charge < -0.3 is 15.1 Å². The number of carbonyl (C=O) groups excluding carboxylic acids is 1. The van der Waals surface area contributed by atoms with Crippen LogP contribution < -0.4 is 0 Å². The predicted octanol–water partition coefficient (Wildman–Crippen LogP) is 0.102. The summed E-state index contributed by atoms with van der Waals surface area (Å²) >= 11 is 0. The minimum atomic E-state index is -0.809. The zero-order chi connectivity index (χ0) is 12.4. The normalized spacial score (nSPS) is 24.1. The number of benzene rings is 1. The van der Waals surface area contributed by atoms with Gasteiger partial charge in [-0.25, -0.2) is 0 Å². The maximum Gasteiger partial charge on any atom is 0.227 e. The summed E-state index contributed by atoms with van der Waals surface area (Å²) in [6.07, 6.45) is -1.29. The van der Waals surface area contributed by atoms with E-state index in [0.717, 1.165) is 11.1 Å². The lowest BCUT2D eigenvalue weighted by Gasteiger charge is -2.16. The summed E-state index contributed by atoms with van der Waals surface area (Å²) < 4.78 is 0. The van der Waals surface area contributed by atoms with Gasteiger partial charge in [0.15, 0.2) is 0 Å². The molecule has 0 radical (unpaired) electrons. The highest BCUT2D eigenvalue weighted by atomic mass is 16.3. The van der Waals surface area contributed by atoms with Crippen LogP contribution in [0.4, 0.5) is 0 Å². The van der Waals surface area contributed by atoms with Gasteiger partial charge in [-0.2, -0.15) is 0 Å². The number of aliphatic hydroxyl groups excluding tert-OH is 2. The van der Waals surface area contributed by atoms with E-state index in [1.54, 1.807) is 0 Å². The summed E-state index contributed by atoms with van der Waals surface area (Å²) in [4.78, 5) is 13.5. The van der Waals surface area contributed by atoms with Crippen LogP contribution in [0.25, 0.3) is 0 Å². The molecule has 1 aromatic rings. The van der Waals surface area contributed by atoms with Crippen LogP contribution in [0.3, 0.4) is 0 Å². The first-order chi connectivity index (χ1) is 8.08. The van der Waals surface area contributed by atoms with Crippen molar-refractivity contribution >= 4 is 5.91 Å². The Bertz CT molecular complexity index is 409. The van der Waals surface area contributed by atoms with Gasteiger partial charge in [0.1, 0.15) is 0 Å². The molecule has 0 spiro atoms. The Kier molecular flexibility index (Phi) is 3.45. The van der Waals surface area contributed by atoms with Gasteiger partial charge in [0.2, 0.25) is 5.91 Å². The molecule has 1 saturated heterocycles. The van der Waals surface area contributed by atoms with E-state index in [4.69, 9.17) is 0 Å². The molecule has 1 aromatic carbocycles. The third kappa shape index (κ3) is 2.65. The molecule has 17 heavy (non-hydrogen) atoms. The van der Waals surface area contributed by atoms with Crippen LogP contribution in [0.5, 0.6) is 0 Å². The van der Waals surface area contributed by atoms with Crippen molar-refractivity contribution < 1.29 is 15.0 Å². The van der Waals surface area contributed by atoms with Crippen molar-refractivity contribution in [3.63, 3.8) is 0 Å². The maximum atomic E-state index is 12.0. The maximum absolute atomic E-state index is 12.0. The van der Waals surface area contributed by atoms with E-state index < -0.39 is 12.2 Å². The van der Waals surface area contributed by atoms with Crippen molar-refractivity contribution in [2.24, 2.45) is 0 Å². The molecule has 0 saturated carbocycles. The summed E-state index contributed by atoms with van der Waals surface area (Å²) in [6, 6.07) is 7.74. The van der Waals surface area contributed by atoms with Crippen LogP contribution in [0.15, 0.2) is 24.3 Å². The van der Waals surface area contributed by atoms with Crippen molar-refractivity contribution in [2.45, 2.75) is 25.6 Å². The first-order valence-corrected chi connectivity index (χ1v) is 5.76. The summed E-state index contributed by atoms with van der Waals surface area (Å²) in [5.74, 6) is -0.0464. The Morgan fingerprint density at radius 2 is 1.88 bits per heavy atom. The number of carbonyl (C=O) groups is 1. The molecule has 4 heteroatoms. The van der Waals surface area contributed by atoms with Gasteiger partial charge in [0, 0.05) is 13.1 Å². The summed E-state index contributed by atoms with van der Waals surface area (Å²) in [5.41, 5.74) is 2.08. The smallest absolute Gasteiger partial charge is 0.227 e. The topological polar surface area (TPSA) is 60.8 Å². The predicted molar refractivity (Wildman–Crippen MR) is 63.5 cm³/mol. The van der Waals surface area contributed by atoms with Gasteiger partial charge in [-0.15, -0.1) is 0 Å². The van der Waals surface area contributed by atoms with Crippen LogP contribution >= 0.6 is 0 Å². The average molecular weight is 235 g/mol. The van der Waals surface area contributed by atoms with E-state index in [1.165, 1.54) is 4.90 Å². The van der Waals surface area contributed by atoms with Gasteiger partial charge in [0.25, 0.3) is 0 Å². The SMILES string of the molecule is Cc1ccccc1CC(=O)N1CC(O)C(O)C1. The van der Waals surface area contributed by atoms with E-state index in [0.29, 0.717) is 6.42 Å². The molecule has 1 fully saturated rings. The third-order valence-corrected chi connectivity index (χ3v) is 3.21. The monoisotopic (exact) mass is 235 g/mol. The fourth-order valence-electron chi connectivity index (χ4n) is 2.06. The molecule has 4 nitrogen and oxygen atoms in total. The molecule has 1 aliphatic heterocycles. The van der Waals surface area contributed by atoms with E-state index in [-0.39, 0.29) is 19.0 Å². The average Bonchev–Trinajstić information content (AvgIpc) is 2.63. The summed E-state index contributed by atoms with van der Waals surface area (Å²) in [7, 11) is 0. The van der Waals surface area contributed by atoms with Crippen LogP contribution in [0.2, 0.25) is 0 Å². The Hall–Kier alpha value is -1.39. The Morgan fingerprint density at radius 1 is 1.29 bits per heavy atom. The van der Waals surface area contributed by atoms with Crippen LogP contribution in [-0.2, 0) is 11.2 Å². The summed E-state index contributed by atoms with van der Waals surface area (Å²) in [6.45, 7) is 2.42. The van der Waals surface area contributed by atoms with E-state index in [2.05, 4.69) is 0 Å². The standard InChI is InChI=1S/C13H17NO3/c1-9-4-2-3-5-10(9)6-13(17)14-7-11(15)12(16)8-14/h2-5,11-12,15-16H,6-8H2,1H3. The molecule has 2 atom stereocenters. The number of likely N-dealkylation sites (tertiary alicyclic amines) is 1. The second-order valence-electron chi connectivity index (χ2n) is 4.54. The zero-order valence-electron chi connectivity index (χ0n) is 9.84.